The van der Waals surface area contributed by atoms with E-state index in [0.29, 0.717) is 17.4 Å². The number of allylic oxidation sites excluding steroid dienone is 6. The first-order valence-electron chi connectivity index (χ1n) is 30.7. The maximum absolute atomic E-state index is 12.9. The van der Waals surface area contributed by atoms with Crippen LogP contribution in [0, 0.1) is 0 Å². The fourth-order valence-electron chi connectivity index (χ4n) is 8.86. The van der Waals surface area contributed by atoms with E-state index < -0.39 is 24.3 Å². The highest BCUT2D eigenvalue weighted by atomic mass is 16.7. The third-order valence-electron chi connectivity index (χ3n) is 13.6. The number of hydrogen-bond donors (Lipinski definition) is 1. The molecule has 0 aromatic heterocycles. The summed E-state index contributed by atoms with van der Waals surface area (Å²) < 4.78 is 22.9. The Hall–Kier alpha value is -2.49. The van der Waals surface area contributed by atoms with Crippen molar-refractivity contribution in [1.82, 2.24) is 0 Å². The molecule has 9 heteroatoms. The molecule has 0 rings (SSSR count). The van der Waals surface area contributed by atoms with Crippen molar-refractivity contribution in [3.63, 3.8) is 0 Å². The second-order valence-electron chi connectivity index (χ2n) is 22.0. The van der Waals surface area contributed by atoms with E-state index in [0.717, 1.165) is 57.8 Å². The molecular formula is C63H118NO8+. The summed E-state index contributed by atoms with van der Waals surface area (Å²) in [6.45, 7) is 4.89. The predicted octanol–water partition coefficient (Wildman–Crippen LogP) is 18.1. The van der Waals surface area contributed by atoms with Gasteiger partial charge in [-0.1, -0.05) is 243 Å². The molecule has 422 valence electrons. The van der Waals surface area contributed by atoms with E-state index in [1.807, 2.05) is 21.1 Å². The van der Waals surface area contributed by atoms with Crippen molar-refractivity contribution >= 4 is 17.9 Å². The minimum absolute atomic E-state index is 0.183. The van der Waals surface area contributed by atoms with E-state index >= 15 is 0 Å². The van der Waals surface area contributed by atoms with Crippen LogP contribution >= 0.6 is 0 Å². The minimum Gasteiger partial charge on any atom is -0.477 e. The summed E-state index contributed by atoms with van der Waals surface area (Å²) in [5.74, 6) is -2.00. The third-order valence-corrected chi connectivity index (χ3v) is 13.6. The molecule has 72 heavy (non-hydrogen) atoms. The highest BCUT2D eigenvalue weighted by molar-refractivity contribution is 5.71. The minimum atomic E-state index is -1.51. The number of esters is 2. The topological polar surface area (TPSA) is 108 Å². The van der Waals surface area contributed by atoms with Crippen LogP contribution in [0.1, 0.15) is 290 Å². The van der Waals surface area contributed by atoms with Crippen molar-refractivity contribution in [3.05, 3.63) is 36.5 Å². The van der Waals surface area contributed by atoms with Crippen LogP contribution in [0.5, 0.6) is 0 Å². The number of hydrogen-bond acceptors (Lipinski definition) is 7. The zero-order chi connectivity index (χ0) is 52.7. The number of carboxylic acids is 1. The van der Waals surface area contributed by atoms with Crippen molar-refractivity contribution in [1.29, 1.82) is 0 Å². The maximum atomic E-state index is 12.9. The number of rotatable bonds is 57. The molecule has 0 aromatic carbocycles. The SMILES string of the molecule is CCCCCCC/C=C\C/C=C\CCCCCCCCCCCCCCCCCCCCCC(=O)OC(COC(=O)CCCCCCC/C=C\CCCCCCCCC)COC(OCC[N+](C)(C)C)C(=O)O. The molecular weight excluding hydrogens is 899 g/mol. The first kappa shape index (κ1) is 69.5. The quantitative estimate of drug-likeness (QED) is 0.0211. The average molecular weight is 1020 g/mol. The normalized spacial score (nSPS) is 13.0. The van der Waals surface area contributed by atoms with Crippen LogP contribution < -0.4 is 0 Å². The Morgan fingerprint density at radius 3 is 1.11 bits per heavy atom. The smallest absolute Gasteiger partial charge is 0.361 e. The fraction of sp³-hybridized carbons (Fsp3) is 0.857. The van der Waals surface area contributed by atoms with Gasteiger partial charge in [0.15, 0.2) is 6.10 Å². The first-order chi connectivity index (χ1) is 35.1. The number of ether oxygens (including phenoxy) is 4. The Morgan fingerprint density at radius 1 is 0.417 bits per heavy atom. The van der Waals surface area contributed by atoms with Crippen molar-refractivity contribution in [2.24, 2.45) is 0 Å². The molecule has 0 saturated heterocycles. The average Bonchev–Trinajstić information content (AvgIpc) is 3.35. The molecule has 0 bridgehead atoms. The molecule has 0 aliphatic heterocycles. The van der Waals surface area contributed by atoms with Crippen molar-refractivity contribution in [2.45, 2.75) is 302 Å². The molecule has 0 radical (unpaired) electrons. The Balaban J connectivity index is 4.11. The molecule has 2 atom stereocenters. The van der Waals surface area contributed by atoms with Gasteiger partial charge in [0.25, 0.3) is 6.29 Å². The van der Waals surface area contributed by atoms with Gasteiger partial charge in [-0.2, -0.15) is 0 Å². The number of carbonyl (C=O) groups is 3. The number of nitrogens with zero attached hydrogens (tertiary/aromatic N) is 1. The van der Waals surface area contributed by atoms with Gasteiger partial charge in [0.1, 0.15) is 13.2 Å². The maximum Gasteiger partial charge on any atom is 0.361 e. The molecule has 0 heterocycles. The second kappa shape index (κ2) is 54.8. The van der Waals surface area contributed by atoms with Gasteiger partial charge in [0, 0.05) is 12.8 Å². The van der Waals surface area contributed by atoms with Crippen LogP contribution in [0.25, 0.3) is 0 Å². The van der Waals surface area contributed by atoms with Crippen LogP contribution in [-0.2, 0) is 33.3 Å². The van der Waals surface area contributed by atoms with Gasteiger partial charge < -0.3 is 28.5 Å². The zero-order valence-corrected chi connectivity index (χ0v) is 48.1. The molecule has 1 N–H and O–H groups in total. The summed E-state index contributed by atoms with van der Waals surface area (Å²) in [5.41, 5.74) is 0. The van der Waals surface area contributed by atoms with Crippen LogP contribution in [-0.4, -0.2) is 87.4 Å². The van der Waals surface area contributed by atoms with Gasteiger partial charge in [-0.05, 0) is 70.6 Å². The van der Waals surface area contributed by atoms with Crippen molar-refractivity contribution in [2.75, 3.05) is 47.5 Å². The van der Waals surface area contributed by atoms with Gasteiger partial charge in [0.05, 0.1) is 34.4 Å². The van der Waals surface area contributed by atoms with Crippen LogP contribution in [0.3, 0.4) is 0 Å². The summed E-state index contributed by atoms with van der Waals surface area (Å²) in [6, 6.07) is 0. The lowest BCUT2D eigenvalue weighted by molar-refractivity contribution is -0.870. The standard InChI is InChI=1S/C63H117NO8/c1-6-8-10-12-14-16-18-20-22-24-25-26-27-28-29-30-31-32-33-34-35-36-37-38-40-42-44-46-48-50-52-54-61(66)72-59(58-71-63(62(67)68)69-56-55-64(3,4)5)57-70-60(65)53-51-49-47-45-43-41-39-23-21-19-17-15-13-11-9-7-2/h18,20,23-25,39,59,63H,6-17,19,21-22,26-38,40-58H2,1-5H3/p+1/b20-18-,25-24-,39-23-. The molecule has 0 aliphatic carbocycles. The molecule has 0 aliphatic rings. The summed E-state index contributed by atoms with van der Waals surface area (Å²) in [7, 11) is 5.97. The highest BCUT2D eigenvalue weighted by Crippen LogP contribution is 2.17. The largest absolute Gasteiger partial charge is 0.477 e. The Morgan fingerprint density at radius 2 is 0.750 bits per heavy atom. The molecule has 0 spiro atoms. The fourth-order valence-corrected chi connectivity index (χ4v) is 8.86. The summed E-state index contributed by atoms with van der Waals surface area (Å²) in [4.78, 5) is 37.4. The third kappa shape index (κ3) is 55.3. The lowest BCUT2D eigenvalue weighted by Gasteiger charge is -2.25. The Labute approximate surface area is 445 Å². The van der Waals surface area contributed by atoms with E-state index in [1.165, 1.54) is 205 Å². The van der Waals surface area contributed by atoms with Gasteiger partial charge in [-0.3, -0.25) is 9.59 Å². The van der Waals surface area contributed by atoms with Crippen LogP contribution in [0.2, 0.25) is 0 Å². The zero-order valence-electron chi connectivity index (χ0n) is 48.1. The number of aliphatic carboxylic acids is 1. The molecule has 0 amide bonds. The van der Waals surface area contributed by atoms with Crippen molar-refractivity contribution in [3.8, 4) is 0 Å². The highest BCUT2D eigenvalue weighted by Gasteiger charge is 2.25. The summed E-state index contributed by atoms with van der Waals surface area (Å²) >= 11 is 0. The van der Waals surface area contributed by atoms with Crippen LogP contribution in [0.15, 0.2) is 36.5 Å². The summed E-state index contributed by atoms with van der Waals surface area (Å²) in [5, 5.41) is 9.70. The molecule has 2 unspecified atom stereocenters. The van der Waals surface area contributed by atoms with Gasteiger partial charge in [0.2, 0.25) is 0 Å². The molecule has 0 fully saturated rings. The van der Waals surface area contributed by atoms with Gasteiger partial charge in [-0.25, -0.2) is 4.79 Å². The lowest BCUT2D eigenvalue weighted by atomic mass is 10.0. The van der Waals surface area contributed by atoms with E-state index in [1.54, 1.807) is 0 Å². The lowest BCUT2D eigenvalue weighted by Crippen LogP contribution is -2.40. The molecule has 0 saturated carbocycles. The van der Waals surface area contributed by atoms with E-state index in [4.69, 9.17) is 18.9 Å². The van der Waals surface area contributed by atoms with Crippen LogP contribution in [0.4, 0.5) is 0 Å². The predicted molar refractivity (Wildman–Crippen MR) is 304 cm³/mol. The summed E-state index contributed by atoms with van der Waals surface area (Å²) in [6.07, 6.45) is 63.8. The van der Waals surface area contributed by atoms with E-state index in [-0.39, 0.29) is 32.2 Å². The number of carboxylic acid groups (broad SMARTS) is 1. The molecule has 9 nitrogen and oxygen atoms in total. The van der Waals surface area contributed by atoms with Gasteiger partial charge in [-0.15, -0.1) is 0 Å². The second-order valence-corrected chi connectivity index (χ2v) is 22.0. The monoisotopic (exact) mass is 1020 g/mol. The Kier molecular flexibility index (Phi) is 52.9. The number of quaternary nitrogens is 1. The number of carbonyl (C=O) groups excluding carboxylic acids is 2. The van der Waals surface area contributed by atoms with E-state index in [9.17, 15) is 19.5 Å². The van der Waals surface area contributed by atoms with E-state index in [2.05, 4.69) is 50.3 Å². The number of likely N-dealkylation sites (N-methyl/N-ethyl adjacent to an activating group) is 1. The Bertz CT molecular complexity index is 1270. The van der Waals surface area contributed by atoms with Crippen molar-refractivity contribution < 1.29 is 42.9 Å². The first-order valence-corrected chi connectivity index (χ1v) is 30.7. The number of unbranched alkanes of at least 4 members (excludes halogenated alkanes) is 36. The van der Waals surface area contributed by atoms with Gasteiger partial charge >= 0.3 is 17.9 Å². The molecule has 0 aromatic rings.